The molecule has 0 radical (unpaired) electrons. The molecule has 5 heteroatoms. The fourth-order valence-corrected chi connectivity index (χ4v) is 6.76. The molecule has 0 aromatic heterocycles. The summed E-state index contributed by atoms with van der Waals surface area (Å²) in [7, 11) is 0. The molecular formula is C45H49AuN4+2. The molecule has 0 atom stereocenters. The van der Waals surface area contributed by atoms with Crippen molar-refractivity contribution in [1.29, 1.82) is 0 Å². The fraction of sp³-hybridized carbons (Fsp3) is 0.267. The average Bonchev–Trinajstić information content (AvgIpc) is 3.60. The summed E-state index contributed by atoms with van der Waals surface area (Å²) in [4.78, 5) is 2.26. The smallest absolute Gasteiger partial charge is 0.654 e. The minimum absolute atomic E-state index is 0. The molecular weight excluding hydrogens is 793 g/mol. The number of anilines is 3. The second kappa shape index (κ2) is 16.1. The summed E-state index contributed by atoms with van der Waals surface area (Å²) in [5, 5.41) is 4.74. The molecule has 258 valence electrons. The molecule has 7 rings (SSSR count). The first-order valence-corrected chi connectivity index (χ1v) is 17.7. The van der Waals surface area contributed by atoms with Gasteiger partial charge in [-0.2, -0.15) is 0 Å². The van der Waals surface area contributed by atoms with Crippen molar-refractivity contribution in [3.05, 3.63) is 155 Å². The summed E-state index contributed by atoms with van der Waals surface area (Å²) >= 11 is 0. The Morgan fingerprint density at radius 1 is 0.460 bits per heavy atom. The molecule has 0 spiro atoms. The normalized spacial score (nSPS) is 12.9. The molecule has 50 heavy (non-hydrogen) atoms. The van der Waals surface area contributed by atoms with E-state index in [1.807, 2.05) is 18.2 Å². The van der Waals surface area contributed by atoms with E-state index < -0.39 is 0 Å². The van der Waals surface area contributed by atoms with Crippen molar-refractivity contribution in [2.45, 2.75) is 79.1 Å². The fourth-order valence-electron chi connectivity index (χ4n) is 6.76. The van der Waals surface area contributed by atoms with E-state index in [9.17, 15) is 0 Å². The first-order chi connectivity index (χ1) is 23.7. The zero-order chi connectivity index (χ0) is 34.7. The topological polar surface area (TPSA) is 23.4 Å². The Labute approximate surface area is 315 Å². The minimum atomic E-state index is 0. The molecule has 2 aliphatic rings. The van der Waals surface area contributed by atoms with Crippen LogP contribution in [0, 0.1) is 0 Å². The first-order valence-electron chi connectivity index (χ1n) is 17.7. The van der Waals surface area contributed by atoms with Crippen LogP contribution in [0.2, 0.25) is 0 Å². The molecule has 4 nitrogen and oxygen atoms in total. The van der Waals surface area contributed by atoms with Gasteiger partial charge in [-0.3, -0.25) is 0 Å². The molecule has 0 saturated heterocycles. The molecule has 2 aliphatic heterocycles. The van der Waals surface area contributed by atoms with E-state index in [1.54, 1.807) is 0 Å². The number of para-hydroxylation sites is 7. The van der Waals surface area contributed by atoms with Crippen LogP contribution in [0.4, 0.5) is 39.8 Å². The zero-order valence-corrected chi connectivity index (χ0v) is 32.7. The second-order valence-corrected chi connectivity index (χ2v) is 14.1. The summed E-state index contributed by atoms with van der Waals surface area (Å²) in [6.07, 6.45) is 4.32. The van der Waals surface area contributed by atoms with Gasteiger partial charge >= 0.3 is 28.4 Å². The van der Waals surface area contributed by atoms with Crippen molar-refractivity contribution < 1.29 is 31.5 Å². The third-order valence-electron chi connectivity index (χ3n) is 9.25. The second-order valence-electron chi connectivity index (χ2n) is 14.1. The number of fused-ring (bicyclic) bond motifs is 2. The maximum atomic E-state index is 4.74. The molecule has 0 fully saturated rings. The Kier molecular flexibility index (Phi) is 11.8. The van der Waals surface area contributed by atoms with Crippen LogP contribution >= 0.6 is 0 Å². The van der Waals surface area contributed by atoms with Crippen LogP contribution in [0.15, 0.2) is 128 Å². The van der Waals surface area contributed by atoms with Crippen molar-refractivity contribution in [3.8, 4) is 0 Å². The van der Waals surface area contributed by atoms with E-state index in [0.29, 0.717) is 23.7 Å². The maximum Gasteiger partial charge on any atom is 1.00 e. The Hall–Kier alpha value is -4.44. The van der Waals surface area contributed by atoms with Crippen LogP contribution in [0.3, 0.4) is 0 Å². The van der Waals surface area contributed by atoms with Crippen molar-refractivity contribution in [2.75, 3.05) is 4.90 Å². The van der Waals surface area contributed by atoms with E-state index in [4.69, 9.17) is 5.32 Å². The Morgan fingerprint density at radius 2 is 0.820 bits per heavy atom. The molecule has 5 aromatic carbocycles. The van der Waals surface area contributed by atoms with Gasteiger partial charge in [0.2, 0.25) is 11.4 Å². The van der Waals surface area contributed by atoms with E-state index in [0.717, 1.165) is 28.4 Å². The van der Waals surface area contributed by atoms with Crippen LogP contribution in [0.5, 0.6) is 0 Å². The molecule has 0 N–H and O–H groups in total. The standard InChI is InChI=1S/C27H36N2.C18H13N2.Au/c1-18(2)22-11-9-12-23(19(3)4)26(22)28-15-16-29(17-28)27-24(20(5)6)13-10-14-25(27)21(7)8;1-2-8-14(9-3-1)20-17-12-6-4-10-15(17)19-16-11-5-7-13-18(16)20;/h9-16,18-21H,1-8H3;1-13H;/q+2;-1;+1. The van der Waals surface area contributed by atoms with E-state index in [-0.39, 0.29) is 22.4 Å². The van der Waals surface area contributed by atoms with Gasteiger partial charge in [0.05, 0.1) is 0 Å². The van der Waals surface area contributed by atoms with Crippen LogP contribution < -0.4 is 4.90 Å². The summed E-state index contributed by atoms with van der Waals surface area (Å²) in [5.74, 6) is 1.84. The average molecular weight is 843 g/mol. The Bertz CT molecular complexity index is 1870. The number of rotatable bonds is 7. The monoisotopic (exact) mass is 842 g/mol. The number of hydrogen-bond donors (Lipinski definition) is 0. The van der Waals surface area contributed by atoms with Gasteiger partial charge in [0.1, 0.15) is 0 Å². The SMILES string of the molecule is CC(C)c1cccc(C(C)C)c1[N+]1=C=[N+](c2c(C(C)C)cccc2C(C)C)C=C1.[Au+].c1ccc(N2c3ccccc3[N-]c3ccccc32)cc1. The Balaban J connectivity index is 0.000000202. The van der Waals surface area contributed by atoms with Gasteiger partial charge in [0.25, 0.3) is 12.4 Å². The molecule has 2 heterocycles. The quantitative estimate of drug-likeness (QED) is 0.116. The van der Waals surface area contributed by atoms with Gasteiger partial charge in [0, 0.05) is 39.3 Å². The van der Waals surface area contributed by atoms with E-state index in [2.05, 4.69) is 185 Å². The number of benzene rings is 5. The third kappa shape index (κ3) is 7.50. The molecule has 0 aliphatic carbocycles. The van der Waals surface area contributed by atoms with Crippen LogP contribution in [0.1, 0.15) is 101 Å². The van der Waals surface area contributed by atoms with Crippen LogP contribution in [-0.4, -0.2) is 15.2 Å². The van der Waals surface area contributed by atoms with Crippen molar-refractivity contribution in [3.63, 3.8) is 0 Å². The number of hydrogen-bond acceptors (Lipinski definition) is 1. The molecule has 5 aromatic rings. The van der Waals surface area contributed by atoms with Gasteiger partial charge in [-0.15, -0.1) is 11.4 Å². The zero-order valence-electron chi connectivity index (χ0n) is 30.5. The summed E-state index contributed by atoms with van der Waals surface area (Å²) in [6, 6.07) is 44.0. The van der Waals surface area contributed by atoms with E-state index in [1.165, 1.54) is 33.6 Å². The summed E-state index contributed by atoms with van der Waals surface area (Å²) < 4.78 is 4.40. The van der Waals surface area contributed by atoms with Gasteiger partial charge in [-0.25, -0.2) is 0 Å². The predicted molar refractivity (Wildman–Crippen MR) is 207 cm³/mol. The summed E-state index contributed by atoms with van der Waals surface area (Å²) in [6.45, 7) is 18.2. The van der Waals surface area contributed by atoms with Gasteiger partial charge in [-0.1, -0.05) is 156 Å². The van der Waals surface area contributed by atoms with Gasteiger partial charge in [-0.05, 0) is 47.9 Å². The Morgan fingerprint density at radius 3 is 1.20 bits per heavy atom. The van der Waals surface area contributed by atoms with E-state index >= 15 is 0 Å². The molecule has 0 saturated carbocycles. The van der Waals surface area contributed by atoms with Crippen molar-refractivity contribution in [1.82, 2.24) is 0 Å². The summed E-state index contributed by atoms with van der Waals surface area (Å²) in [5.41, 5.74) is 13.5. The van der Waals surface area contributed by atoms with Crippen LogP contribution in [0.25, 0.3) is 5.32 Å². The number of nitrogens with zero attached hydrogens (tertiary/aromatic N) is 4. The third-order valence-corrected chi connectivity index (χ3v) is 9.25. The maximum absolute atomic E-state index is 4.74. The van der Waals surface area contributed by atoms with Crippen molar-refractivity contribution in [2.24, 2.45) is 0 Å². The van der Waals surface area contributed by atoms with Crippen LogP contribution in [-0.2, 0) is 22.4 Å². The largest absolute Gasteiger partial charge is 1.00 e. The minimum Gasteiger partial charge on any atom is -0.654 e. The molecule has 0 bridgehead atoms. The van der Waals surface area contributed by atoms with Gasteiger partial charge < -0.3 is 10.2 Å². The predicted octanol–water partition coefficient (Wildman–Crippen LogP) is 13.6. The van der Waals surface area contributed by atoms with Crippen molar-refractivity contribution >= 4 is 45.8 Å². The first kappa shape index (κ1) is 36.8. The molecule has 0 amide bonds. The molecule has 0 unspecified atom stereocenters. The van der Waals surface area contributed by atoms with Gasteiger partial charge in [0.15, 0.2) is 0 Å².